The third-order valence-corrected chi connectivity index (χ3v) is 4.67. The summed E-state index contributed by atoms with van der Waals surface area (Å²) >= 11 is 0. The minimum absolute atomic E-state index is 0.0377. The van der Waals surface area contributed by atoms with Crippen LogP contribution in [0.3, 0.4) is 0 Å². The number of benzene rings is 1. The van der Waals surface area contributed by atoms with Gasteiger partial charge in [-0.25, -0.2) is 0 Å². The Morgan fingerprint density at radius 2 is 1.91 bits per heavy atom. The summed E-state index contributed by atoms with van der Waals surface area (Å²) < 4.78 is 0. The summed E-state index contributed by atoms with van der Waals surface area (Å²) in [5.41, 5.74) is 2.02. The van der Waals surface area contributed by atoms with E-state index in [0.29, 0.717) is 12.3 Å². The molecule has 1 aliphatic carbocycles. The first-order chi connectivity index (χ1) is 11.1. The number of aliphatic hydroxyl groups is 2. The predicted molar refractivity (Wildman–Crippen MR) is 89.1 cm³/mol. The number of carboxylic acids is 1. The second-order valence-corrected chi connectivity index (χ2v) is 6.32. The molecule has 0 spiro atoms. The molecule has 1 aromatic rings. The van der Waals surface area contributed by atoms with E-state index in [-0.39, 0.29) is 25.0 Å². The molecular formula is C19H26O4. The molecule has 0 amide bonds. The fourth-order valence-electron chi connectivity index (χ4n) is 3.42. The maximum Gasteiger partial charge on any atom is 0.303 e. The summed E-state index contributed by atoms with van der Waals surface area (Å²) in [6.45, 7) is 0.0377. The van der Waals surface area contributed by atoms with E-state index in [1.807, 2.05) is 24.3 Å². The van der Waals surface area contributed by atoms with Gasteiger partial charge in [-0.3, -0.25) is 4.79 Å². The highest BCUT2D eigenvalue weighted by Gasteiger charge is 2.35. The van der Waals surface area contributed by atoms with Gasteiger partial charge in [-0.05, 0) is 49.1 Å². The molecule has 0 radical (unpaired) electrons. The number of hydrogen-bond donors (Lipinski definition) is 3. The van der Waals surface area contributed by atoms with Gasteiger partial charge in [0.1, 0.15) is 0 Å². The van der Waals surface area contributed by atoms with Crippen molar-refractivity contribution in [1.82, 2.24) is 0 Å². The summed E-state index contributed by atoms with van der Waals surface area (Å²) in [6.07, 6.45) is 8.29. The summed E-state index contributed by atoms with van der Waals surface area (Å²) in [6, 6.07) is 7.85. The van der Waals surface area contributed by atoms with Crippen LogP contribution in [0.1, 0.15) is 55.6 Å². The maximum absolute atomic E-state index is 10.5. The zero-order valence-electron chi connectivity index (χ0n) is 13.4. The van der Waals surface area contributed by atoms with Gasteiger partial charge in [-0.1, -0.05) is 36.4 Å². The third kappa shape index (κ3) is 5.19. The molecule has 0 saturated heterocycles. The number of carbonyl (C=O) groups is 1. The largest absolute Gasteiger partial charge is 0.481 e. The molecule has 1 fully saturated rings. The molecule has 0 aliphatic heterocycles. The first-order valence-corrected chi connectivity index (χ1v) is 8.36. The van der Waals surface area contributed by atoms with Crippen LogP contribution in [-0.4, -0.2) is 27.4 Å². The molecule has 0 bridgehead atoms. The van der Waals surface area contributed by atoms with Gasteiger partial charge in [-0.2, -0.15) is 0 Å². The van der Waals surface area contributed by atoms with Crippen molar-refractivity contribution < 1.29 is 20.1 Å². The highest BCUT2D eigenvalue weighted by Crippen LogP contribution is 2.42. The lowest BCUT2D eigenvalue weighted by Gasteiger charge is -2.22. The molecule has 1 saturated carbocycles. The third-order valence-electron chi connectivity index (χ3n) is 4.67. The molecule has 1 aromatic carbocycles. The molecule has 4 heteroatoms. The van der Waals surface area contributed by atoms with Gasteiger partial charge in [-0.15, -0.1) is 0 Å². The number of allylic oxidation sites excluding steroid dienone is 2. The van der Waals surface area contributed by atoms with Crippen molar-refractivity contribution in [2.24, 2.45) is 5.92 Å². The molecule has 1 unspecified atom stereocenters. The van der Waals surface area contributed by atoms with Crippen LogP contribution >= 0.6 is 0 Å². The predicted octanol–water partition coefficient (Wildman–Crippen LogP) is 3.23. The van der Waals surface area contributed by atoms with Gasteiger partial charge in [0.25, 0.3) is 0 Å². The first kappa shape index (κ1) is 17.7. The Kier molecular flexibility index (Phi) is 6.81. The molecule has 0 heterocycles. The Labute approximate surface area is 137 Å². The van der Waals surface area contributed by atoms with E-state index in [1.165, 1.54) is 0 Å². The molecule has 2 rings (SSSR count). The first-order valence-electron chi connectivity index (χ1n) is 8.36. The van der Waals surface area contributed by atoms with Crippen molar-refractivity contribution in [3.8, 4) is 0 Å². The zero-order valence-corrected chi connectivity index (χ0v) is 13.4. The van der Waals surface area contributed by atoms with Crippen molar-refractivity contribution >= 4 is 5.97 Å². The summed E-state index contributed by atoms with van der Waals surface area (Å²) in [5.74, 6) is -0.184. The van der Waals surface area contributed by atoms with E-state index in [4.69, 9.17) is 10.2 Å². The van der Waals surface area contributed by atoms with E-state index in [1.54, 1.807) is 0 Å². The number of hydrogen-bond acceptors (Lipinski definition) is 3. The monoisotopic (exact) mass is 318 g/mol. The van der Waals surface area contributed by atoms with E-state index >= 15 is 0 Å². The van der Waals surface area contributed by atoms with Crippen LogP contribution in [0.15, 0.2) is 36.4 Å². The number of carboxylic acid groups (broad SMARTS) is 1. The molecular weight excluding hydrogens is 292 g/mol. The number of aliphatic hydroxyl groups excluding tert-OH is 2. The Morgan fingerprint density at radius 1 is 1.17 bits per heavy atom. The molecule has 23 heavy (non-hydrogen) atoms. The van der Waals surface area contributed by atoms with Gasteiger partial charge in [0.2, 0.25) is 0 Å². The lowest BCUT2D eigenvalue weighted by molar-refractivity contribution is -0.137. The molecule has 1 aliphatic rings. The van der Waals surface area contributed by atoms with Crippen molar-refractivity contribution in [1.29, 1.82) is 0 Å². The van der Waals surface area contributed by atoms with Crippen LogP contribution in [0.5, 0.6) is 0 Å². The highest BCUT2D eigenvalue weighted by atomic mass is 16.4. The molecule has 3 atom stereocenters. The molecule has 126 valence electrons. The van der Waals surface area contributed by atoms with Crippen LogP contribution in [0.4, 0.5) is 0 Å². The smallest absolute Gasteiger partial charge is 0.303 e. The van der Waals surface area contributed by atoms with Gasteiger partial charge in [0, 0.05) is 12.3 Å². The van der Waals surface area contributed by atoms with Gasteiger partial charge in [0.15, 0.2) is 0 Å². The summed E-state index contributed by atoms with van der Waals surface area (Å²) in [7, 11) is 0. The van der Waals surface area contributed by atoms with E-state index in [9.17, 15) is 9.90 Å². The van der Waals surface area contributed by atoms with Crippen molar-refractivity contribution in [2.75, 3.05) is 0 Å². The van der Waals surface area contributed by atoms with Crippen LogP contribution in [-0.2, 0) is 11.4 Å². The van der Waals surface area contributed by atoms with Crippen molar-refractivity contribution in [2.45, 2.75) is 57.2 Å². The van der Waals surface area contributed by atoms with Gasteiger partial charge < -0.3 is 15.3 Å². The number of rotatable bonds is 8. The fourth-order valence-corrected chi connectivity index (χ4v) is 3.42. The number of unbranched alkanes of at least 4 members (excludes halogenated alkanes) is 1. The highest BCUT2D eigenvalue weighted by molar-refractivity contribution is 5.66. The lowest BCUT2D eigenvalue weighted by atomic mass is 9.85. The van der Waals surface area contributed by atoms with Gasteiger partial charge in [0.05, 0.1) is 12.7 Å². The second kappa shape index (κ2) is 8.85. The Bertz CT molecular complexity index is 521. The standard InChI is InChI=1S/C19H26O4/c20-13-14-7-9-16(10-8-14)19-15(11-12-17(19)21)5-3-1-2-4-6-18(22)23/h1,3,7-10,15,17,19-21H,2,4-6,11-13H2,(H,22,23)/b3-1-/t15-,17+,19?/m0/s1. The Hall–Kier alpha value is -1.65. The van der Waals surface area contributed by atoms with Crippen LogP contribution in [0, 0.1) is 5.92 Å². The van der Waals surface area contributed by atoms with Crippen LogP contribution in [0.2, 0.25) is 0 Å². The van der Waals surface area contributed by atoms with E-state index < -0.39 is 5.97 Å². The van der Waals surface area contributed by atoms with Crippen molar-refractivity contribution in [3.63, 3.8) is 0 Å². The molecule has 0 aromatic heterocycles. The topological polar surface area (TPSA) is 77.8 Å². The van der Waals surface area contributed by atoms with Crippen molar-refractivity contribution in [3.05, 3.63) is 47.5 Å². The minimum atomic E-state index is -0.747. The average Bonchev–Trinajstić information content (AvgIpc) is 2.91. The second-order valence-electron chi connectivity index (χ2n) is 6.32. The van der Waals surface area contributed by atoms with E-state index in [0.717, 1.165) is 36.8 Å². The maximum atomic E-state index is 10.5. The summed E-state index contributed by atoms with van der Waals surface area (Å²) in [5, 5.41) is 28.0. The summed E-state index contributed by atoms with van der Waals surface area (Å²) in [4.78, 5) is 10.5. The fraction of sp³-hybridized carbons (Fsp3) is 0.526. The van der Waals surface area contributed by atoms with E-state index in [2.05, 4.69) is 12.2 Å². The SMILES string of the molecule is O=C(O)CCC/C=C\C[C@H]1CC[C@@H](O)C1c1ccc(CO)cc1. The zero-order chi connectivity index (χ0) is 16.7. The van der Waals surface area contributed by atoms with Crippen LogP contribution in [0.25, 0.3) is 0 Å². The minimum Gasteiger partial charge on any atom is -0.481 e. The van der Waals surface area contributed by atoms with Gasteiger partial charge >= 0.3 is 5.97 Å². The molecule has 4 nitrogen and oxygen atoms in total. The number of aliphatic carboxylic acids is 1. The molecule has 3 N–H and O–H groups in total. The average molecular weight is 318 g/mol. The Morgan fingerprint density at radius 3 is 2.57 bits per heavy atom. The normalized spacial score (nSPS) is 24.3. The Balaban J connectivity index is 1.89. The van der Waals surface area contributed by atoms with Crippen LogP contribution < -0.4 is 0 Å². The quantitative estimate of drug-likeness (QED) is 0.508. The lowest BCUT2D eigenvalue weighted by Crippen LogP contribution is -2.16.